The third-order valence-corrected chi connectivity index (χ3v) is 4.43. The summed E-state index contributed by atoms with van der Waals surface area (Å²) in [6.07, 6.45) is 2.51. The van der Waals surface area contributed by atoms with Crippen LogP contribution in [0.2, 0.25) is 0 Å². The molecule has 1 aromatic heterocycles. The molecule has 4 N–H and O–H groups in total. The minimum absolute atomic E-state index is 0.167. The van der Waals surface area contributed by atoms with E-state index in [1.807, 2.05) is 36.4 Å². The van der Waals surface area contributed by atoms with Crippen LogP contribution in [0.4, 0.5) is 5.69 Å². The maximum Gasteiger partial charge on any atom is 0.255 e. The van der Waals surface area contributed by atoms with Crippen molar-refractivity contribution in [1.29, 1.82) is 0 Å². The molecule has 2 aromatic carbocycles. The first-order chi connectivity index (χ1) is 13.2. The lowest BCUT2D eigenvalue weighted by Crippen LogP contribution is -2.11. The third-order valence-electron chi connectivity index (χ3n) is 4.43. The number of rotatable bonds is 7. The van der Waals surface area contributed by atoms with E-state index >= 15 is 0 Å². The van der Waals surface area contributed by atoms with Gasteiger partial charge in [0.15, 0.2) is 5.82 Å². The SMILES string of the molecule is NCc1nc(-c2ccc(NC(=O)c3ccc(OCC4CC4)cc3)cc2)n[nH]1. The summed E-state index contributed by atoms with van der Waals surface area (Å²) in [5.74, 6) is 2.54. The zero-order valence-corrected chi connectivity index (χ0v) is 14.8. The van der Waals surface area contributed by atoms with Gasteiger partial charge in [0.05, 0.1) is 13.2 Å². The fourth-order valence-corrected chi connectivity index (χ4v) is 2.62. The van der Waals surface area contributed by atoms with E-state index < -0.39 is 0 Å². The minimum Gasteiger partial charge on any atom is -0.493 e. The number of benzene rings is 2. The number of nitrogens with one attached hydrogen (secondary N) is 2. The van der Waals surface area contributed by atoms with Crippen LogP contribution < -0.4 is 15.8 Å². The largest absolute Gasteiger partial charge is 0.493 e. The summed E-state index contributed by atoms with van der Waals surface area (Å²) in [6, 6.07) is 14.6. The van der Waals surface area contributed by atoms with E-state index in [-0.39, 0.29) is 5.91 Å². The average Bonchev–Trinajstić information content (AvgIpc) is 3.42. The van der Waals surface area contributed by atoms with Gasteiger partial charge >= 0.3 is 0 Å². The second-order valence-electron chi connectivity index (χ2n) is 6.62. The van der Waals surface area contributed by atoms with Gasteiger partial charge in [-0.15, -0.1) is 0 Å². The number of carbonyl (C=O) groups excluding carboxylic acids is 1. The maximum absolute atomic E-state index is 12.4. The van der Waals surface area contributed by atoms with Crippen LogP contribution in [0.15, 0.2) is 48.5 Å². The van der Waals surface area contributed by atoms with Crippen molar-refractivity contribution in [2.75, 3.05) is 11.9 Å². The van der Waals surface area contributed by atoms with Gasteiger partial charge in [0.1, 0.15) is 11.6 Å². The van der Waals surface area contributed by atoms with E-state index in [1.165, 1.54) is 12.8 Å². The molecule has 1 amide bonds. The highest BCUT2D eigenvalue weighted by Gasteiger charge is 2.21. The minimum atomic E-state index is -0.167. The van der Waals surface area contributed by atoms with Gasteiger partial charge in [-0.1, -0.05) is 0 Å². The highest BCUT2D eigenvalue weighted by atomic mass is 16.5. The Kier molecular flexibility index (Phi) is 4.84. The molecule has 1 saturated carbocycles. The number of hydrogen-bond donors (Lipinski definition) is 3. The Morgan fingerprint density at radius 2 is 1.89 bits per heavy atom. The molecular formula is C20H21N5O2. The number of nitrogens with zero attached hydrogens (tertiary/aromatic N) is 2. The van der Waals surface area contributed by atoms with Gasteiger partial charge in [0.25, 0.3) is 5.91 Å². The predicted molar refractivity (Wildman–Crippen MR) is 102 cm³/mol. The van der Waals surface area contributed by atoms with Crippen molar-refractivity contribution >= 4 is 11.6 Å². The van der Waals surface area contributed by atoms with Gasteiger partial charge in [-0.05, 0) is 67.3 Å². The number of aromatic nitrogens is 3. The molecule has 0 bridgehead atoms. The van der Waals surface area contributed by atoms with Crippen molar-refractivity contribution < 1.29 is 9.53 Å². The molecule has 3 aromatic rings. The molecule has 0 radical (unpaired) electrons. The molecule has 7 heteroatoms. The monoisotopic (exact) mass is 363 g/mol. The van der Waals surface area contributed by atoms with Crippen molar-refractivity contribution in [2.45, 2.75) is 19.4 Å². The first kappa shape index (κ1) is 17.2. The van der Waals surface area contributed by atoms with Crippen molar-refractivity contribution in [3.8, 4) is 17.1 Å². The van der Waals surface area contributed by atoms with Crippen LogP contribution in [0.5, 0.6) is 5.75 Å². The Morgan fingerprint density at radius 3 is 2.52 bits per heavy atom. The van der Waals surface area contributed by atoms with Gasteiger partial charge in [0.2, 0.25) is 0 Å². The molecule has 1 heterocycles. The van der Waals surface area contributed by atoms with Crippen molar-refractivity contribution in [3.05, 3.63) is 59.9 Å². The summed E-state index contributed by atoms with van der Waals surface area (Å²) < 4.78 is 5.69. The fraction of sp³-hybridized carbons (Fsp3) is 0.250. The summed E-state index contributed by atoms with van der Waals surface area (Å²) in [4.78, 5) is 16.7. The normalized spacial score (nSPS) is 13.4. The Bertz CT molecular complexity index is 914. The number of anilines is 1. The summed E-state index contributed by atoms with van der Waals surface area (Å²) in [7, 11) is 0. The van der Waals surface area contributed by atoms with E-state index in [9.17, 15) is 4.79 Å². The summed E-state index contributed by atoms with van der Waals surface area (Å²) >= 11 is 0. The molecule has 0 atom stereocenters. The predicted octanol–water partition coefficient (Wildman–Crippen LogP) is 2.97. The lowest BCUT2D eigenvalue weighted by atomic mass is 10.1. The quantitative estimate of drug-likeness (QED) is 0.598. The molecule has 1 fully saturated rings. The number of H-pyrrole nitrogens is 1. The standard InChI is InChI=1S/C20H21N5O2/c21-11-18-23-19(25-24-18)14-3-7-16(8-4-14)22-20(26)15-5-9-17(10-6-15)27-12-13-1-2-13/h3-10,13H,1-2,11-12,21H2,(H,22,26)(H,23,24,25). The van der Waals surface area contributed by atoms with Crippen LogP contribution in [-0.2, 0) is 6.54 Å². The topological polar surface area (TPSA) is 106 Å². The molecule has 0 spiro atoms. The molecule has 1 aliphatic rings. The second kappa shape index (κ2) is 7.59. The van der Waals surface area contributed by atoms with Crippen LogP contribution in [0.3, 0.4) is 0 Å². The lowest BCUT2D eigenvalue weighted by Gasteiger charge is -2.08. The number of nitrogens with two attached hydrogens (primary N) is 1. The van der Waals surface area contributed by atoms with E-state index in [2.05, 4.69) is 20.5 Å². The summed E-state index contributed by atoms with van der Waals surface area (Å²) in [5.41, 5.74) is 7.66. The number of ether oxygens (including phenoxy) is 1. The smallest absolute Gasteiger partial charge is 0.255 e. The third kappa shape index (κ3) is 4.32. The Hall–Kier alpha value is -3.19. The Morgan fingerprint density at radius 1 is 1.15 bits per heavy atom. The van der Waals surface area contributed by atoms with Crippen LogP contribution in [0.1, 0.15) is 29.0 Å². The average molecular weight is 363 g/mol. The first-order valence-corrected chi connectivity index (χ1v) is 8.97. The molecular weight excluding hydrogens is 342 g/mol. The molecule has 27 heavy (non-hydrogen) atoms. The molecule has 4 rings (SSSR count). The van der Waals surface area contributed by atoms with E-state index in [1.54, 1.807) is 12.1 Å². The lowest BCUT2D eigenvalue weighted by molar-refractivity contribution is 0.102. The van der Waals surface area contributed by atoms with Crippen molar-refractivity contribution in [1.82, 2.24) is 15.2 Å². The number of amides is 1. The zero-order valence-electron chi connectivity index (χ0n) is 14.8. The van der Waals surface area contributed by atoms with E-state index in [0.29, 0.717) is 35.4 Å². The van der Waals surface area contributed by atoms with Gasteiger partial charge in [-0.3, -0.25) is 9.89 Å². The number of carbonyl (C=O) groups is 1. The fourth-order valence-electron chi connectivity index (χ4n) is 2.62. The van der Waals surface area contributed by atoms with Gasteiger partial charge in [-0.25, -0.2) is 4.98 Å². The highest BCUT2D eigenvalue weighted by Crippen LogP contribution is 2.29. The van der Waals surface area contributed by atoms with E-state index in [4.69, 9.17) is 10.5 Å². The molecule has 0 aliphatic heterocycles. The Labute approximate surface area is 157 Å². The van der Waals surface area contributed by atoms with Crippen LogP contribution in [0.25, 0.3) is 11.4 Å². The van der Waals surface area contributed by atoms with E-state index in [0.717, 1.165) is 17.9 Å². The van der Waals surface area contributed by atoms with Crippen molar-refractivity contribution in [3.63, 3.8) is 0 Å². The van der Waals surface area contributed by atoms with Gasteiger partial charge < -0.3 is 15.8 Å². The summed E-state index contributed by atoms with van der Waals surface area (Å²) in [6.45, 7) is 1.07. The van der Waals surface area contributed by atoms with Crippen LogP contribution >= 0.6 is 0 Å². The Balaban J connectivity index is 1.37. The molecule has 1 aliphatic carbocycles. The van der Waals surface area contributed by atoms with Crippen LogP contribution in [-0.4, -0.2) is 27.7 Å². The van der Waals surface area contributed by atoms with Gasteiger partial charge in [-0.2, -0.15) is 5.10 Å². The maximum atomic E-state index is 12.4. The van der Waals surface area contributed by atoms with Gasteiger partial charge in [0, 0.05) is 16.8 Å². The molecule has 138 valence electrons. The molecule has 0 unspecified atom stereocenters. The molecule has 7 nitrogen and oxygen atoms in total. The number of aromatic amines is 1. The van der Waals surface area contributed by atoms with Crippen molar-refractivity contribution in [2.24, 2.45) is 11.7 Å². The second-order valence-corrected chi connectivity index (χ2v) is 6.62. The number of hydrogen-bond acceptors (Lipinski definition) is 5. The van der Waals surface area contributed by atoms with Crippen LogP contribution in [0, 0.1) is 5.92 Å². The zero-order chi connectivity index (χ0) is 18.6. The first-order valence-electron chi connectivity index (χ1n) is 8.97. The summed E-state index contributed by atoms with van der Waals surface area (Å²) in [5, 5.41) is 9.78. The molecule has 0 saturated heterocycles. The highest BCUT2D eigenvalue weighted by molar-refractivity contribution is 6.04.